The number of hydrogen-bond acceptors (Lipinski definition) is 5. The standard InChI is InChI=1S/C24H25N2O2S2/c1-3-16-25-18-9-4-6-11-20(18)29-22(25)13-8-14-23-26(17-15-24(27)28-2)19-10-5-7-12-21(19)30-23/h4-14H,3,15-17H2,1-2H3/q+1. The van der Waals surface area contributed by atoms with E-state index in [2.05, 4.69) is 71.0 Å². The summed E-state index contributed by atoms with van der Waals surface area (Å²) in [6.07, 6.45) is 7.91. The molecule has 30 heavy (non-hydrogen) atoms. The third-order valence-electron chi connectivity index (χ3n) is 4.97. The predicted octanol–water partition coefficient (Wildman–Crippen LogP) is 5.63. The lowest BCUT2D eigenvalue weighted by Gasteiger charge is -2.19. The summed E-state index contributed by atoms with van der Waals surface area (Å²) >= 11 is 3.56. The molecule has 0 saturated carbocycles. The number of hydrogen-bond donors (Lipinski definition) is 0. The van der Waals surface area contributed by atoms with Gasteiger partial charge in [0.25, 0.3) is 5.01 Å². The van der Waals surface area contributed by atoms with E-state index >= 15 is 0 Å². The Morgan fingerprint density at radius 1 is 1.17 bits per heavy atom. The quantitative estimate of drug-likeness (QED) is 0.354. The highest BCUT2D eigenvalue weighted by Gasteiger charge is 2.25. The van der Waals surface area contributed by atoms with Crippen molar-refractivity contribution in [1.82, 2.24) is 0 Å². The molecule has 4 nitrogen and oxygen atoms in total. The maximum atomic E-state index is 11.7. The largest absolute Gasteiger partial charge is 0.469 e. The number of para-hydroxylation sites is 2. The van der Waals surface area contributed by atoms with Crippen LogP contribution in [0.2, 0.25) is 0 Å². The minimum atomic E-state index is -0.190. The lowest BCUT2D eigenvalue weighted by molar-refractivity contribution is -0.668. The Bertz CT molecular complexity index is 1120. The molecule has 0 bridgehead atoms. The number of aromatic nitrogens is 1. The predicted molar refractivity (Wildman–Crippen MR) is 126 cm³/mol. The minimum absolute atomic E-state index is 0.190. The molecule has 4 rings (SSSR count). The first-order valence-electron chi connectivity index (χ1n) is 10.1. The monoisotopic (exact) mass is 437 g/mol. The fourth-order valence-corrected chi connectivity index (χ4v) is 5.76. The molecule has 154 valence electrons. The van der Waals surface area contributed by atoms with E-state index in [0.717, 1.165) is 23.7 Å². The third-order valence-corrected chi connectivity index (χ3v) is 7.23. The van der Waals surface area contributed by atoms with Crippen LogP contribution in [0.25, 0.3) is 16.3 Å². The number of thiazole rings is 1. The van der Waals surface area contributed by atoms with Crippen LogP contribution in [0.5, 0.6) is 0 Å². The summed E-state index contributed by atoms with van der Waals surface area (Å²) in [5.74, 6) is -0.190. The summed E-state index contributed by atoms with van der Waals surface area (Å²) in [6, 6.07) is 16.9. The van der Waals surface area contributed by atoms with Gasteiger partial charge in [0.05, 0.1) is 24.2 Å². The van der Waals surface area contributed by atoms with E-state index in [9.17, 15) is 4.79 Å². The highest BCUT2D eigenvalue weighted by molar-refractivity contribution is 8.03. The lowest BCUT2D eigenvalue weighted by atomic mass is 10.2. The first-order chi connectivity index (χ1) is 14.7. The van der Waals surface area contributed by atoms with Gasteiger partial charge in [-0.05, 0) is 24.3 Å². The van der Waals surface area contributed by atoms with E-state index in [-0.39, 0.29) is 5.97 Å². The van der Waals surface area contributed by atoms with Crippen molar-refractivity contribution in [3.63, 3.8) is 0 Å². The Labute approximate surface area is 185 Å². The first kappa shape index (κ1) is 20.7. The van der Waals surface area contributed by atoms with E-state index in [1.807, 2.05) is 23.5 Å². The molecule has 0 N–H and O–H groups in total. The zero-order valence-corrected chi connectivity index (χ0v) is 18.8. The minimum Gasteiger partial charge on any atom is -0.469 e. The normalized spacial score (nSPS) is 14.7. The van der Waals surface area contributed by atoms with Crippen LogP contribution in [-0.4, -0.2) is 19.6 Å². The van der Waals surface area contributed by atoms with Crippen LogP contribution < -0.4 is 9.47 Å². The molecule has 2 aromatic carbocycles. The number of benzene rings is 2. The first-order valence-corrected chi connectivity index (χ1v) is 11.8. The van der Waals surface area contributed by atoms with Gasteiger partial charge in [-0.3, -0.25) is 4.79 Å². The zero-order valence-electron chi connectivity index (χ0n) is 17.2. The van der Waals surface area contributed by atoms with Crippen LogP contribution in [0.15, 0.2) is 70.6 Å². The maximum Gasteiger partial charge on any atom is 0.307 e. The van der Waals surface area contributed by atoms with Crippen LogP contribution in [0.1, 0.15) is 24.8 Å². The van der Waals surface area contributed by atoms with Gasteiger partial charge in [0.1, 0.15) is 11.2 Å². The zero-order chi connectivity index (χ0) is 20.9. The Morgan fingerprint density at radius 3 is 2.80 bits per heavy atom. The number of fused-ring (bicyclic) bond motifs is 2. The fraction of sp³-hybridized carbons (Fsp3) is 0.250. The second kappa shape index (κ2) is 9.49. The number of methoxy groups -OCH3 is 1. The number of rotatable bonds is 7. The Kier molecular flexibility index (Phi) is 6.55. The fourth-order valence-electron chi connectivity index (χ4n) is 3.56. The number of thioether (sulfide) groups is 1. The molecule has 1 aromatic heterocycles. The van der Waals surface area contributed by atoms with Crippen molar-refractivity contribution in [1.29, 1.82) is 0 Å². The Hall–Kier alpha value is -2.57. The number of carbonyl (C=O) groups is 1. The third kappa shape index (κ3) is 4.30. The van der Waals surface area contributed by atoms with Crippen molar-refractivity contribution in [2.24, 2.45) is 0 Å². The van der Waals surface area contributed by atoms with E-state index in [4.69, 9.17) is 4.74 Å². The van der Waals surface area contributed by atoms with Crippen LogP contribution in [0.3, 0.4) is 0 Å². The van der Waals surface area contributed by atoms with Crippen molar-refractivity contribution >= 4 is 51.0 Å². The van der Waals surface area contributed by atoms with Gasteiger partial charge in [-0.1, -0.05) is 60.4 Å². The van der Waals surface area contributed by atoms with Crippen LogP contribution in [0, 0.1) is 0 Å². The number of ether oxygens (including phenoxy) is 1. The van der Waals surface area contributed by atoms with E-state index in [0.29, 0.717) is 13.0 Å². The molecule has 0 atom stereocenters. The summed E-state index contributed by atoms with van der Waals surface area (Å²) in [6.45, 7) is 3.82. The average Bonchev–Trinajstić information content (AvgIpc) is 3.30. The van der Waals surface area contributed by atoms with Gasteiger partial charge < -0.3 is 9.64 Å². The summed E-state index contributed by atoms with van der Waals surface area (Å²) < 4.78 is 8.53. The van der Waals surface area contributed by atoms with Crippen LogP contribution in [-0.2, 0) is 16.1 Å². The number of nitrogens with zero attached hydrogens (tertiary/aromatic N) is 2. The van der Waals surface area contributed by atoms with Gasteiger partial charge in [-0.25, -0.2) is 0 Å². The van der Waals surface area contributed by atoms with E-state index in [1.54, 1.807) is 11.8 Å². The average molecular weight is 438 g/mol. The van der Waals surface area contributed by atoms with Gasteiger partial charge in [0.2, 0.25) is 5.52 Å². The van der Waals surface area contributed by atoms with Gasteiger partial charge >= 0.3 is 5.97 Å². The Morgan fingerprint density at radius 2 is 1.97 bits per heavy atom. The number of aryl methyl sites for hydroxylation is 1. The molecule has 0 amide bonds. The van der Waals surface area contributed by atoms with Crippen LogP contribution >= 0.6 is 23.1 Å². The molecule has 0 unspecified atom stereocenters. The lowest BCUT2D eigenvalue weighted by Crippen LogP contribution is -2.34. The van der Waals surface area contributed by atoms with Gasteiger partial charge in [0.15, 0.2) is 0 Å². The molecule has 0 aliphatic carbocycles. The van der Waals surface area contributed by atoms with E-state index < -0.39 is 0 Å². The highest BCUT2D eigenvalue weighted by Crippen LogP contribution is 2.45. The summed E-state index contributed by atoms with van der Waals surface area (Å²) in [5, 5.41) is 2.37. The molecule has 1 aliphatic heterocycles. The summed E-state index contributed by atoms with van der Waals surface area (Å²) in [7, 11) is 1.44. The van der Waals surface area contributed by atoms with Gasteiger partial charge in [-0.15, -0.1) is 0 Å². The number of allylic oxidation sites excluding steroid dienone is 2. The molecule has 0 radical (unpaired) electrons. The molecular weight excluding hydrogens is 412 g/mol. The topological polar surface area (TPSA) is 33.4 Å². The van der Waals surface area contributed by atoms with E-state index in [1.165, 1.54) is 27.2 Å². The highest BCUT2D eigenvalue weighted by atomic mass is 32.2. The number of anilines is 1. The molecule has 2 heterocycles. The van der Waals surface area contributed by atoms with Crippen molar-refractivity contribution < 1.29 is 14.1 Å². The number of carbonyl (C=O) groups excluding carboxylic acids is 1. The van der Waals surface area contributed by atoms with Crippen molar-refractivity contribution in [2.45, 2.75) is 31.2 Å². The molecule has 0 fully saturated rings. The second-order valence-corrected chi connectivity index (χ2v) is 9.10. The SMILES string of the molecule is CCC[n+]1c(/C=C/C=C2/Sc3ccccc3N2CCC(=O)OC)sc2ccccc21. The maximum absolute atomic E-state index is 11.7. The summed E-state index contributed by atoms with van der Waals surface area (Å²) in [5.41, 5.74) is 2.44. The van der Waals surface area contributed by atoms with Gasteiger partial charge in [0, 0.05) is 30.0 Å². The second-order valence-electron chi connectivity index (χ2n) is 6.97. The van der Waals surface area contributed by atoms with Crippen molar-refractivity contribution in [2.75, 3.05) is 18.6 Å². The van der Waals surface area contributed by atoms with Gasteiger partial charge in [-0.2, -0.15) is 4.57 Å². The van der Waals surface area contributed by atoms with Crippen molar-refractivity contribution in [3.8, 4) is 0 Å². The van der Waals surface area contributed by atoms with Crippen molar-refractivity contribution in [3.05, 3.63) is 70.7 Å². The number of esters is 1. The molecule has 0 saturated heterocycles. The molecule has 0 spiro atoms. The van der Waals surface area contributed by atoms with Crippen LogP contribution in [0.4, 0.5) is 5.69 Å². The Balaban J connectivity index is 1.61. The smallest absolute Gasteiger partial charge is 0.307 e. The molecule has 3 aromatic rings. The molecule has 6 heteroatoms. The molecular formula is C24H25N2O2S2+. The molecule has 1 aliphatic rings. The summed E-state index contributed by atoms with van der Waals surface area (Å²) in [4.78, 5) is 15.1.